The summed E-state index contributed by atoms with van der Waals surface area (Å²) in [4.78, 5) is 12.3. The zero-order valence-electron chi connectivity index (χ0n) is 9.64. The predicted molar refractivity (Wildman–Crippen MR) is 76.4 cm³/mol. The van der Waals surface area contributed by atoms with Crippen molar-refractivity contribution in [2.24, 2.45) is 0 Å². The molecule has 0 bridgehead atoms. The van der Waals surface area contributed by atoms with Gasteiger partial charge in [-0.05, 0) is 25.5 Å². The molecule has 5 heteroatoms. The zero-order valence-corrected chi connectivity index (χ0v) is 12.7. The van der Waals surface area contributed by atoms with Crippen LogP contribution in [0.4, 0.5) is 0 Å². The van der Waals surface area contributed by atoms with Gasteiger partial charge in [-0.2, -0.15) is 0 Å². The molecule has 1 aromatic rings. The molecule has 0 aliphatic heterocycles. The van der Waals surface area contributed by atoms with Gasteiger partial charge in [0.2, 0.25) is 0 Å². The number of carbonyl (C=O) groups is 1. The number of amides is 1. The molecule has 1 rings (SSSR count). The van der Waals surface area contributed by atoms with Gasteiger partial charge < -0.3 is 5.32 Å². The molecule has 0 radical (unpaired) electrons. The molecule has 2 atom stereocenters. The van der Waals surface area contributed by atoms with Crippen LogP contribution in [0.25, 0.3) is 0 Å². The Balaban J connectivity index is 2.73. The Labute approximate surface area is 120 Å². The molecule has 17 heavy (non-hydrogen) atoms. The highest BCUT2D eigenvalue weighted by Gasteiger charge is 2.15. The number of hydrogen-bond donors (Lipinski definition) is 1. The summed E-state index contributed by atoms with van der Waals surface area (Å²) in [5.74, 6) is -0.196. The summed E-state index contributed by atoms with van der Waals surface area (Å²) >= 11 is 15.3. The molecular weight excluding hydrogens is 325 g/mol. The van der Waals surface area contributed by atoms with E-state index in [-0.39, 0.29) is 11.9 Å². The van der Waals surface area contributed by atoms with Gasteiger partial charge >= 0.3 is 0 Å². The van der Waals surface area contributed by atoms with Crippen LogP contribution in [0.2, 0.25) is 10.0 Å². The standard InChI is InChI=1S/C12H14BrCl2NO/c1-7(13)6-8(2)16-12(17)9-4-3-5-10(14)11(9)15/h3-5,7-8H,6H2,1-2H3,(H,16,17). The Hall–Kier alpha value is -0.250. The normalized spacial score (nSPS) is 14.2. The van der Waals surface area contributed by atoms with Gasteiger partial charge in [-0.15, -0.1) is 0 Å². The minimum absolute atomic E-state index is 0.0759. The zero-order chi connectivity index (χ0) is 13.0. The summed E-state index contributed by atoms with van der Waals surface area (Å²) in [5, 5.41) is 3.57. The van der Waals surface area contributed by atoms with Gasteiger partial charge in [-0.1, -0.05) is 52.1 Å². The summed E-state index contributed by atoms with van der Waals surface area (Å²) in [5.41, 5.74) is 0.410. The van der Waals surface area contributed by atoms with Crippen LogP contribution in [0.15, 0.2) is 18.2 Å². The molecule has 1 aromatic carbocycles. The molecule has 0 fully saturated rings. The van der Waals surface area contributed by atoms with Crippen molar-refractivity contribution in [3.63, 3.8) is 0 Å². The molecule has 1 amide bonds. The van der Waals surface area contributed by atoms with Crippen LogP contribution in [0.5, 0.6) is 0 Å². The van der Waals surface area contributed by atoms with Crippen LogP contribution in [-0.2, 0) is 0 Å². The lowest BCUT2D eigenvalue weighted by atomic mass is 10.1. The molecule has 2 unspecified atom stereocenters. The smallest absolute Gasteiger partial charge is 0.253 e. The molecule has 0 aliphatic carbocycles. The number of alkyl halides is 1. The second-order valence-corrected chi connectivity index (χ2v) is 6.34. The fourth-order valence-corrected chi connectivity index (χ4v) is 2.47. The van der Waals surface area contributed by atoms with E-state index in [0.717, 1.165) is 6.42 Å². The first-order valence-corrected chi connectivity index (χ1v) is 6.98. The van der Waals surface area contributed by atoms with Crippen LogP contribution in [0, 0.1) is 0 Å². The van der Waals surface area contributed by atoms with Crippen molar-refractivity contribution in [1.29, 1.82) is 0 Å². The van der Waals surface area contributed by atoms with Crippen LogP contribution in [-0.4, -0.2) is 16.8 Å². The first kappa shape index (κ1) is 14.8. The Morgan fingerprint density at radius 3 is 2.65 bits per heavy atom. The third kappa shape index (κ3) is 4.49. The molecular formula is C12H14BrCl2NO. The van der Waals surface area contributed by atoms with Gasteiger partial charge in [-0.3, -0.25) is 4.79 Å². The van der Waals surface area contributed by atoms with Gasteiger partial charge in [0.25, 0.3) is 5.91 Å². The van der Waals surface area contributed by atoms with E-state index in [1.54, 1.807) is 18.2 Å². The molecule has 0 aromatic heterocycles. The van der Waals surface area contributed by atoms with Gasteiger partial charge in [-0.25, -0.2) is 0 Å². The SMILES string of the molecule is CC(Br)CC(C)NC(=O)c1cccc(Cl)c1Cl. The number of halogens is 3. The molecule has 2 nitrogen and oxygen atoms in total. The van der Waals surface area contributed by atoms with Crippen molar-refractivity contribution in [1.82, 2.24) is 5.32 Å². The third-order valence-corrected chi connectivity index (χ3v) is 3.44. The van der Waals surface area contributed by atoms with E-state index >= 15 is 0 Å². The summed E-state index contributed by atoms with van der Waals surface area (Å²) < 4.78 is 0. The average Bonchev–Trinajstić information content (AvgIpc) is 2.20. The molecule has 0 saturated carbocycles. The van der Waals surface area contributed by atoms with E-state index in [1.807, 2.05) is 13.8 Å². The maximum atomic E-state index is 11.9. The van der Waals surface area contributed by atoms with Gasteiger partial charge in [0, 0.05) is 10.9 Å². The van der Waals surface area contributed by atoms with Gasteiger partial charge in [0.15, 0.2) is 0 Å². The van der Waals surface area contributed by atoms with Crippen molar-refractivity contribution in [3.05, 3.63) is 33.8 Å². The van der Waals surface area contributed by atoms with Crippen molar-refractivity contribution < 1.29 is 4.79 Å². The predicted octanol–water partition coefficient (Wildman–Crippen LogP) is 4.29. The Bertz CT molecular complexity index is 409. The molecule has 0 heterocycles. The summed E-state index contributed by atoms with van der Waals surface area (Å²) in [6.07, 6.45) is 0.851. The number of nitrogens with one attached hydrogen (secondary N) is 1. The van der Waals surface area contributed by atoms with E-state index in [9.17, 15) is 4.79 Å². The highest BCUT2D eigenvalue weighted by molar-refractivity contribution is 9.09. The second-order valence-electron chi connectivity index (χ2n) is 3.99. The maximum Gasteiger partial charge on any atom is 0.253 e. The first-order valence-electron chi connectivity index (χ1n) is 5.30. The highest BCUT2D eigenvalue weighted by atomic mass is 79.9. The van der Waals surface area contributed by atoms with E-state index < -0.39 is 0 Å². The summed E-state index contributed by atoms with van der Waals surface area (Å²) in [7, 11) is 0. The Morgan fingerprint density at radius 2 is 2.06 bits per heavy atom. The van der Waals surface area contributed by atoms with Crippen molar-refractivity contribution in [2.75, 3.05) is 0 Å². The lowest BCUT2D eigenvalue weighted by molar-refractivity contribution is 0.0939. The summed E-state index contributed by atoms with van der Waals surface area (Å²) in [6.45, 7) is 3.99. The van der Waals surface area contributed by atoms with Crippen LogP contribution in [0.3, 0.4) is 0 Å². The molecule has 1 N–H and O–H groups in total. The second kappa shape index (κ2) is 6.62. The lowest BCUT2D eigenvalue weighted by Crippen LogP contribution is -2.34. The van der Waals surface area contributed by atoms with E-state index in [1.165, 1.54) is 0 Å². The molecule has 94 valence electrons. The Kier molecular flexibility index (Phi) is 5.77. The highest BCUT2D eigenvalue weighted by Crippen LogP contribution is 2.25. The average molecular weight is 339 g/mol. The topological polar surface area (TPSA) is 29.1 Å². The van der Waals surface area contributed by atoms with Crippen LogP contribution < -0.4 is 5.32 Å². The number of rotatable bonds is 4. The van der Waals surface area contributed by atoms with Crippen molar-refractivity contribution in [2.45, 2.75) is 31.1 Å². The number of carbonyl (C=O) groups excluding carboxylic acids is 1. The van der Waals surface area contributed by atoms with Crippen LogP contribution in [0.1, 0.15) is 30.6 Å². The number of hydrogen-bond acceptors (Lipinski definition) is 1. The minimum Gasteiger partial charge on any atom is -0.349 e. The molecule has 0 spiro atoms. The Morgan fingerprint density at radius 1 is 1.41 bits per heavy atom. The fraction of sp³-hybridized carbons (Fsp3) is 0.417. The largest absolute Gasteiger partial charge is 0.349 e. The molecule has 0 saturated heterocycles. The summed E-state index contributed by atoms with van der Waals surface area (Å²) in [6, 6.07) is 5.10. The third-order valence-electron chi connectivity index (χ3n) is 2.25. The lowest BCUT2D eigenvalue weighted by Gasteiger charge is -2.15. The fourth-order valence-electron chi connectivity index (χ4n) is 1.53. The van der Waals surface area contributed by atoms with E-state index in [2.05, 4.69) is 21.2 Å². The van der Waals surface area contributed by atoms with Gasteiger partial charge in [0.1, 0.15) is 0 Å². The van der Waals surface area contributed by atoms with Crippen LogP contribution >= 0.6 is 39.1 Å². The van der Waals surface area contributed by atoms with Gasteiger partial charge in [0.05, 0.1) is 15.6 Å². The van der Waals surface area contributed by atoms with E-state index in [0.29, 0.717) is 20.4 Å². The number of benzene rings is 1. The molecule has 0 aliphatic rings. The maximum absolute atomic E-state index is 11.9. The first-order chi connectivity index (χ1) is 7.91. The van der Waals surface area contributed by atoms with E-state index in [4.69, 9.17) is 23.2 Å². The minimum atomic E-state index is -0.196. The van der Waals surface area contributed by atoms with Crippen molar-refractivity contribution >= 4 is 45.0 Å². The monoisotopic (exact) mass is 337 g/mol. The quantitative estimate of drug-likeness (QED) is 0.815. The van der Waals surface area contributed by atoms with Crippen molar-refractivity contribution in [3.8, 4) is 0 Å².